The summed E-state index contributed by atoms with van der Waals surface area (Å²) in [6.07, 6.45) is 1.91. The van der Waals surface area contributed by atoms with Crippen LogP contribution in [-0.2, 0) is 0 Å². The number of nitrogens with two attached hydrogens (primary N) is 1. The van der Waals surface area contributed by atoms with Crippen molar-refractivity contribution in [1.29, 1.82) is 0 Å². The highest BCUT2D eigenvalue weighted by atomic mass is 16.4. The van der Waals surface area contributed by atoms with Gasteiger partial charge in [-0.05, 0) is 13.8 Å². The molecule has 8 nitrogen and oxygen atoms in total. The molecule has 0 aliphatic heterocycles. The highest BCUT2D eigenvalue weighted by Crippen LogP contribution is 2.17. The molecule has 8 heteroatoms. The number of oxime groups is 1. The summed E-state index contributed by atoms with van der Waals surface area (Å²) >= 11 is 0. The molecule has 0 saturated carbocycles. The zero-order chi connectivity index (χ0) is 14.0. The van der Waals surface area contributed by atoms with E-state index in [9.17, 15) is 0 Å². The topological polar surface area (TPSA) is 105 Å². The maximum absolute atomic E-state index is 8.63. The van der Waals surface area contributed by atoms with Crippen molar-refractivity contribution in [3.8, 4) is 0 Å². The average Bonchev–Trinajstić information content (AvgIpc) is 2.84. The molecule has 0 aliphatic carbocycles. The van der Waals surface area contributed by atoms with Crippen LogP contribution in [0, 0.1) is 6.92 Å². The molecule has 0 saturated heterocycles. The fourth-order valence-electron chi connectivity index (χ4n) is 1.87. The minimum Gasteiger partial charge on any atom is -0.409 e. The minimum atomic E-state index is 0.0464. The molecule has 0 aromatic carbocycles. The lowest BCUT2D eigenvalue weighted by Gasteiger charge is -2.26. The van der Waals surface area contributed by atoms with E-state index in [1.165, 1.54) is 6.33 Å². The Hall–Kier alpha value is -2.38. The molecule has 0 amide bonds. The van der Waals surface area contributed by atoms with Crippen LogP contribution in [-0.4, -0.2) is 43.7 Å². The maximum atomic E-state index is 8.63. The minimum absolute atomic E-state index is 0.0464. The molecule has 0 radical (unpaired) electrons. The van der Waals surface area contributed by atoms with E-state index in [4.69, 9.17) is 10.9 Å². The second kappa shape index (κ2) is 5.09. The second-order valence-electron chi connectivity index (χ2n) is 4.48. The number of hydrogen-bond acceptors (Lipinski definition) is 6. The molecular weight excluding hydrogens is 246 g/mol. The van der Waals surface area contributed by atoms with Gasteiger partial charge in [-0.15, -0.1) is 0 Å². The number of rotatable bonds is 4. The SMILES string of the molecule is Cc1cc(N(C)C(C)CC(N)=NO)n2ncnc2n1. The van der Waals surface area contributed by atoms with Crippen molar-refractivity contribution >= 4 is 17.4 Å². The molecule has 0 bridgehead atoms. The van der Waals surface area contributed by atoms with Gasteiger partial charge in [-0.1, -0.05) is 5.16 Å². The first-order chi connectivity index (χ1) is 9.02. The summed E-state index contributed by atoms with van der Waals surface area (Å²) in [5.41, 5.74) is 6.40. The van der Waals surface area contributed by atoms with Crippen molar-refractivity contribution in [3.63, 3.8) is 0 Å². The Bertz CT molecular complexity index is 606. The van der Waals surface area contributed by atoms with E-state index in [0.29, 0.717) is 12.2 Å². The van der Waals surface area contributed by atoms with Crippen molar-refractivity contribution in [2.75, 3.05) is 11.9 Å². The van der Waals surface area contributed by atoms with E-state index in [1.54, 1.807) is 4.52 Å². The Kier molecular flexibility index (Phi) is 3.50. The quantitative estimate of drug-likeness (QED) is 0.358. The molecule has 102 valence electrons. The fourth-order valence-corrected chi connectivity index (χ4v) is 1.87. The van der Waals surface area contributed by atoms with E-state index >= 15 is 0 Å². The monoisotopic (exact) mass is 263 g/mol. The lowest BCUT2D eigenvalue weighted by atomic mass is 10.2. The molecule has 0 spiro atoms. The van der Waals surface area contributed by atoms with E-state index in [-0.39, 0.29) is 11.9 Å². The summed E-state index contributed by atoms with van der Waals surface area (Å²) in [6.45, 7) is 3.89. The molecule has 2 heterocycles. The highest BCUT2D eigenvalue weighted by Gasteiger charge is 2.16. The van der Waals surface area contributed by atoms with Gasteiger partial charge in [0.25, 0.3) is 5.78 Å². The zero-order valence-electron chi connectivity index (χ0n) is 11.1. The van der Waals surface area contributed by atoms with Crippen LogP contribution >= 0.6 is 0 Å². The predicted molar refractivity (Wildman–Crippen MR) is 71.4 cm³/mol. The summed E-state index contributed by atoms with van der Waals surface area (Å²) < 4.78 is 1.66. The van der Waals surface area contributed by atoms with Crippen molar-refractivity contribution in [2.45, 2.75) is 26.3 Å². The molecule has 0 aliphatic rings. The van der Waals surface area contributed by atoms with Gasteiger partial charge >= 0.3 is 0 Å². The first-order valence-electron chi connectivity index (χ1n) is 5.89. The number of nitrogens with zero attached hydrogens (tertiary/aromatic N) is 6. The third kappa shape index (κ3) is 2.56. The van der Waals surface area contributed by atoms with Crippen molar-refractivity contribution < 1.29 is 5.21 Å². The Balaban J connectivity index is 2.35. The Morgan fingerprint density at radius 2 is 2.37 bits per heavy atom. The molecule has 2 aromatic rings. The van der Waals surface area contributed by atoms with E-state index in [0.717, 1.165) is 11.5 Å². The number of aryl methyl sites for hydroxylation is 1. The van der Waals surface area contributed by atoms with Crippen LogP contribution in [0.4, 0.5) is 5.82 Å². The van der Waals surface area contributed by atoms with E-state index in [1.807, 2.05) is 31.9 Å². The second-order valence-corrected chi connectivity index (χ2v) is 4.48. The van der Waals surface area contributed by atoms with E-state index < -0.39 is 0 Å². The molecule has 2 aromatic heterocycles. The van der Waals surface area contributed by atoms with Gasteiger partial charge in [0.1, 0.15) is 18.0 Å². The lowest BCUT2D eigenvalue weighted by Crippen LogP contribution is -2.34. The summed E-state index contributed by atoms with van der Waals surface area (Å²) in [5, 5.41) is 15.8. The maximum Gasteiger partial charge on any atom is 0.254 e. The van der Waals surface area contributed by atoms with Crippen LogP contribution in [0.25, 0.3) is 5.78 Å². The number of hydrogen-bond donors (Lipinski definition) is 2. The van der Waals surface area contributed by atoms with E-state index in [2.05, 4.69) is 20.2 Å². The Labute approximate surface area is 110 Å². The van der Waals surface area contributed by atoms with Crippen LogP contribution in [0.15, 0.2) is 17.5 Å². The number of fused-ring (bicyclic) bond motifs is 1. The average molecular weight is 263 g/mol. The van der Waals surface area contributed by atoms with Gasteiger partial charge in [-0.3, -0.25) is 0 Å². The van der Waals surface area contributed by atoms with Crippen molar-refractivity contribution in [2.24, 2.45) is 10.9 Å². The normalized spacial score (nSPS) is 13.7. The molecule has 1 unspecified atom stereocenters. The summed E-state index contributed by atoms with van der Waals surface area (Å²) in [7, 11) is 1.92. The Morgan fingerprint density at radius 1 is 1.63 bits per heavy atom. The summed E-state index contributed by atoms with van der Waals surface area (Å²) in [6, 6.07) is 1.97. The van der Waals surface area contributed by atoms with Crippen LogP contribution in [0.5, 0.6) is 0 Å². The Morgan fingerprint density at radius 3 is 3.05 bits per heavy atom. The summed E-state index contributed by atoms with van der Waals surface area (Å²) in [5.74, 6) is 1.61. The standard InChI is InChI=1S/C11H17N7O/c1-7-4-10(18-11(15-7)13-6-14-18)17(3)8(2)5-9(12)16-19/h4,6,8,19H,5H2,1-3H3,(H2,12,16). The first kappa shape index (κ1) is 13.1. The number of aromatic nitrogens is 4. The van der Waals surface area contributed by atoms with Gasteiger partial charge in [0.15, 0.2) is 0 Å². The third-order valence-corrected chi connectivity index (χ3v) is 3.02. The smallest absolute Gasteiger partial charge is 0.254 e. The van der Waals surface area contributed by atoms with Gasteiger partial charge in [0.2, 0.25) is 0 Å². The summed E-state index contributed by atoms with van der Waals surface area (Å²) in [4.78, 5) is 10.4. The van der Waals surface area contributed by atoms with Crippen LogP contribution in [0.2, 0.25) is 0 Å². The zero-order valence-corrected chi connectivity index (χ0v) is 11.1. The van der Waals surface area contributed by atoms with Gasteiger partial charge < -0.3 is 15.8 Å². The van der Waals surface area contributed by atoms with Gasteiger partial charge in [0, 0.05) is 31.3 Å². The molecular formula is C11H17N7O. The molecule has 19 heavy (non-hydrogen) atoms. The molecule has 2 rings (SSSR count). The first-order valence-corrected chi connectivity index (χ1v) is 5.89. The van der Waals surface area contributed by atoms with Gasteiger partial charge in [-0.25, -0.2) is 4.98 Å². The number of amidine groups is 1. The fraction of sp³-hybridized carbons (Fsp3) is 0.455. The van der Waals surface area contributed by atoms with Crippen molar-refractivity contribution in [1.82, 2.24) is 19.6 Å². The lowest BCUT2D eigenvalue weighted by molar-refractivity contribution is 0.316. The molecule has 3 N–H and O–H groups in total. The number of anilines is 1. The van der Waals surface area contributed by atoms with Gasteiger partial charge in [0.05, 0.1) is 0 Å². The third-order valence-electron chi connectivity index (χ3n) is 3.02. The highest BCUT2D eigenvalue weighted by molar-refractivity contribution is 5.80. The molecule has 0 fully saturated rings. The predicted octanol–water partition coefficient (Wildman–Crippen LogP) is 0.394. The van der Waals surface area contributed by atoms with Crippen LogP contribution in [0.3, 0.4) is 0 Å². The van der Waals surface area contributed by atoms with Crippen molar-refractivity contribution in [3.05, 3.63) is 18.1 Å². The van der Waals surface area contributed by atoms with Crippen LogP contribution < -0.4 is 10.6 Å². The largest absolute Gasteiger partial charge is 0.409 e. The van der Waals surface area contributed by atoms with Gasteiger partial charge in [-0.2, -0.15) is 14.6 Å². The molecule has 1 atom stereocenters. The van der Waals surface area contributed by atoms with Crippen LogP contribution in [0.1, 0.15) is 19.0 Å².